The van der Waals surface area contributed by atoms with Gasteiger partial charge in [-0.05, 0) is 19.3 Å². The highest BCUT2D eigenvalue weighted by atomic mass is 16.5. The van der Waals surface area contributed by atoms with Gasteiger partial charge in [-0.2, -0.15) is 5.10 Å². The van der Waals surface area contributed by atoms with E-state index < -0.39 is 6.10 Å². The van der Waals surface area contributed by atoms with Gasteiger partial charge in [-0.25, -0.2) is 4.98 Å². The van der Waals surface area contributed by atoms with Crippen molar-refractivity contribution in [1.29, 1.82) is 0 Å². The van der Waals surface area contributed by atoms with Gasteiger partial charge in [0.2, 0.25) is 0 Å². The summed E-state index contributed by atoms with van der Waals surface area (Å²) in [6.07, 6.45) is 3.20. The Morgan fingerprint density at radius 3 is 2.75 bits per heavy atom. The van der Waals surface area contributed by atoms with Crippen LogP contribution in [-0.4, -0.2) is 51.8 Å². The molecule has 0 fully saturated rings. The molecule has 6 heteroatoms. The van der Waals surface area contributed by atoms with Crippen molar-refractivity contribution < 1.29 is 9.84 Å². The predicted molar refractivity (Wildman–Crippen MR) is 78.5 cm³/mol. The molecule has 1 aromatic rings. The molecule has 20 heavy (non-hydrogen) atoms. The number of nitrogens with one attached hydrogen (secondary N) is 1. The molecule has 0 amide bonds. The summed E-state index contributed by atoms with van der Waals surface area (Å²) in [5, 5.41) is 17.2. The Kier molecular flexibility index (Phi) is 7.72. The van der Waals surface area contributed by atoms with Crippen molar-refractivity contribution in [2.75, 3.05) is 19.7 Å². The third-order valence-corrected chi connectivity index (χ3v) is 2.93. The fraction of sp³-hybridized carbons (Fsp3) is 0.857. The second-order valence-electron chi connectivity index (χ2n) is 5.72. The zero-order valence-electron chi connectivity index (χ0n) is 13.0. The van der Waals surface area contributed by atoms with Crippen LogP contribution in [0.4, 0.5) is 0 Å². The lowest BCUT2D eigenvalue weighted by Gasteiger charge is -2.18. The van der Waals surface area contributed by atoms with Crippen LogP contribution in [0, 0.1) is 5.92 Å². The number of aliphatic hydroxyl groups excluding tert-OH is 1. The number of ether oxygens (including phenoxy) is 1. The van der Waals surface area contributed by atoms with Crippen molar-refractivity contribution in [3.8, 4) is 0 Å². The average Bonchev–Trinajstić information content (AvgIpc) is 2.77. The lowest BCUT2D eigenvalue weighted by Crippen LogP contribution is -2.33. The second kappa shape index (κ2) is 9.05. The van der Waals surface area contributed by atoms with Crippen molar-refractivity contribution in [3.05, 3.63) is 12.2 Å². The van der Waals surface area contributed by atoms with Crippen LogP contribution >= 0.6 is 0 Å². The average molecular weight is 284 g/mol. The Hall–Kier alpha value is -0.980. The molecule has 0 spiro atoms. The van der Waals surface area contributed by atoms with E-state index in [9.17, 15) is 5.11 Å². The minimum atomic E-state index is -0.471. The Labute approximate surface area is 121 Å². The highest BCUT2D eigenvalue weighted by molar-refractivity contribution is 4.82. The minimum absolute atomic E-state index is 0.197. The lowest BCUT2D eigenvalue weighted by atomic mass is 10.1. The first-order chi connectivity index (χ1) is 9.47. The molecule has 0 radical (unpaired) electrons. The number of aliphatic hydroxyl groups is 1. The summed E-state index contributed by atoms with van der Waals surface area (Å²) < 4.78 is 7.30. The molecule has 2 unspecified atom stereocenters. The van der Waals surface area contributed by atoms with E-state index in [-0.39, 0.29) is 6.10 Å². The van der Waals surface area contributed by atoms with E-state index in [0.717, 1.165) is 25.2 Å². The summed E-state index contributed by atoms with van der Waals surface area (Å²) in [4.78, 5) is 4.14. The molecule has 2 atom stereocenters. The fourth-order valence-corrected chi connectivity index (χ4v) is 2.03. The van der Waals surface area contributed by atoms with Crippen molar-refractivity contribution in [3.63, 3.8) is 0 Å². The Balaban J connectivity index is 2.03. The molecule has 0 saturated heterocycles. The topological polar surface area (TPSA) is 72.2 Å². The highest BCUT2D eigenvalue weighted by Gasteiger charge is 2.09. The second-order valence-corrected chi connectivity index (χ2v) is 5.72. The molecule has 0 aliphatic heterocycles. The van der Waals surface area contributed by atoms with Gasteiger partial charge in [-0.15, -0.1) is 0 Å². The molecular weight excluding hydrogens is 256 g/mol. The monoisotopic (exact) mass is 284 g/mol. The van der Waals surface area contributed by atoms with Gasteiger partial charge < -0.3 is 15.2 Å². The summed E-state index contributed by atoms with van der Waals surface area (Å²) in [5.41, 5.74) is 0. The van der Waals surface area contributed by atoms with Crippen LogP contribution in [0.15, 0.2) is 6.33 Å². The summed E-state index contributed by atoms with van der Waals surface area (Å²) in [5.74, 6) is 1.43. The molecule has 1 aromatic heterocycles. The maximum absolute atomic E-state index is 9.81. The smallest absolute Gasteiger partial charge is 0.151 e. The fourth-order valence-electron chi connectivity index (χ4n) is 2.03. The van der Waals surface area contributed by atoms with Crippen molar-refractivity contribution in [2.45, 2.75) is 45.8 Å². The van der Waals surface area contributed by atoms with E-state index in [1.165, 1.54) is 0 Å². The van der Waals surface area contributed by atoms with Crippen LogP contribution < -0.4 is 5.32 Å². The standard InChI is InChI=1S/C14H28N4O2/c1-11(2)7-12(3)20-9-13(19)8-15-6-5-14-16-10-18(4)17-14/h10-13,15,19H,5-9H2,1-4H3. The van der Waals surface area contributed by atoms with Gasteiger partial charge in [0.05, 0.1) is 18.8 Å². The van der Waals surface area contributed by atoms with Gasteiger partial charge in [0, 0.05) is 26.6 Å². The maximum Gasteiger partial charge on any atom is 0.151 e. The zero-order valence-corrected chi connectivity index (χ0v) is 13.0. The summed E-state index contributed by atoms with van der Waals surface area (Å²) >= 11 is 0. The van der Waals surface area contributed by atoms with E-state index in [1.54, 1.807) is 11.0 Å². The number of aromatic nitrogens is 3. The van der Waals surface area contributed by atoms with E-state index >= 15 is 0 Å². The Bertz CT molecular complexity index is 368. The van der Waals surface area contributed by atoms with Crippen LogP contribution in [0.1, 0.15) is 33.0 Å². The van der Waals surface area contributed by atoms with Crippen LogP contribution in [0.3, 0.4) is 0 Å². The number of nitrogens with zero attached hydrogens (tertiary/aromatic N) is 3. The number of hydrogen-bond acceptors (Lipinski definition) is 5. The van der Waals surface area contributed by atoms with Gasteiger partial charge in [0.25, 0.3) is 0 Å². The van der Waals surface area contributed by atoms with Crippen LogP contribution in [-0.2, 0) is 18.2 Å². The third-order valence-electron chi connectivity index (χ3n) is 2.93. The Morgan fingerprint density at radius 2 is 2.15 bits per heavy atom. The zero-order chi connectivity index (χ0) is 15.0. The van der Waals surface area contributed by atoms with E-state index in [0.29, 0.717) is 19.1 Å². The first kappa shape index (κ1) is 17.1. The first-order valence-electron chi connectivity index (χ1n) is 7.32. The molecule has 0 saturated carbocycles. The van der Waals surface area contributed by atoms with Gasteiger partial charge in [0.1, 0.15) is 6.33 Å². The number of rotatable bonds is 10. The molecule has 6 nitrogen and oxygen atoms in total. The van der Waals surface area contributed by atoms with Gasteiger partial charge in [0.15, 0.2) is 5.82 Å². The molecule has 1 heterocycles. The SMILES string of the molecule is CC(C)CC(C)OCC(O)CNCCc1ncn(C)n1. The maximum atomic E-state index is 9.81. The van der Waals surface area contributed by atoms with E-state index in [1.807, 2.05) is 14.0 Å². The minimum Gasteiger partial charge on any atom is -0.389 e. The third kappa shape index (κ3) is 7.57. The Morgan fingerprint density at radius 1 is 1.40 bits per heavy atom. The van der Waals surface area contributed by atoms with Gasteiger partial charge in [-0.3, -0.25) is 4.68 Å². The van der Waals surface area contributed by atoms with Crippen molar-refractivity contribution >= 4 is 0 Å². The molecular formula is C14H28N4O2. The summed E-state index contributed by atoms with van der Waals surface area (Å²) in [6, 6.07) is 0. The van der Waals surface area contributed by atoms with Crippen LogP contribution in [0.5, 0.6) is 0 Å². The quantitative estimate of drug-likeness (QED) is 0.621. The summed E-state index contributed by atoms with van der Waals surface area (Å²) in [6.45, 7) is 8.05. The normalized spacial score (nSPS) is 14.7. The lowest BCUT2D eigenvalue weighted by molar-refractivity contribution is -0.00839. The van der Waals surface area contributed by atoms with Crippen LogP contribution in [0.25, 0.3) is 0 Å². The number of hydrogen-bond donors (Lipinski definition) is 2. The predicted octanol–water partition coefficient (Wildman–Crippen LogP) is 0.759. The van der Waals surface area contributed by atoms with Crippen LogP contribution in [0.2, 0.25) is 0 Å². The molecule has 0 aromatic carbocycles. The largest absolute Gasteiger partial charge is 0.389 e. The van der Waals surface area contributed by atoms with E-state index in [4.69, 9.17) is 4.74 Å². The molecule has 0 aliphatic carbocycles. The van der Waals surface area contributed by atoms with Gasteiger partial charge in [-0.1, -0.05) is 13.8 Å². The van der Waals surface area contributed by atoms with Crippen molar-refractivity contribution in [2.24, 2.45) is 13.0 Å². The molecule has 0 aliphatic rings. The van der Waals surface area contributed by atoms with E-state index in [2.05, 4.69) is 29.2 Å². The number of aryl methyl sites for hydroxylation is 1. The van der Waals surface area contributed by atoms with Crippen molar-refractivity contribution in [1.82, 2.24) is 20.1 Å². The highest BCUT2D eigenvalue weighted by Crippen LogP contribution is 2.07. The molecule has 2 N–H and O–H groups in total. The van der Waals surface area contributed by atoms with Gasteiger partial charge >= 0.3 is 0 Å². The molecule has 1 rings (SSSR count). The summed E-state index contributed by atoms with van der Waals surface area (Å²) in [7, 11) is 1.85. The molecule has 0 bridgehead atoms. The molecule has 116 valence electrons. The first-order valence-corrected chi connectivity index (χ1v) is 7.32.